The summed E-state index contributed by atoms with van der Waals surface area (Å²) in [6.07, 6.45) is 0.745. The summed E-state index contributed by atoms with van der Waals surface area (Å²) < 4.78 is 33.8. The third-order valence-electron chi connectivity index (χ3n) is 8.47. The van der Waals surface area contributed by atoms with E-state index in [2.05, 4.69) is 4.90 Å². The van der Waals surface area contributed by atoms with Crippen molar-refractivity contribution in [2.24, 2.45) is 5.14 Å². The van der Waals surface area contributed by atoms with Gasteiger partial charge in [-0.3, -0.25) is 24.1 Å². The summed E-state index contributed by atoms with van der Waals surface area (Å²) in [6.45, 7) is 4.98. The van der Waals surface area contributed by atoms with E-state index >= 15 is 0 Å². The minimum absolute atomic E-state index is 0.0527. The minimum atomic E-state index is -3.88. The van der Waals surface area contributed by atoms with Crippen LogP contribution in [0.4, 0.5) is 0 Å². The molecule has 4 rings (SSSR count). The molecular weight excluding hydrogens is 697 g/mol. The first-order chi connectivity index (χ1) is 23.3. The number of ether oxygens (including phenoxy) is 2. The Hall–Kier alpha value is -3.27. The second kappa shape index (κ2) is 18.1. The number of benzene rings is 2. The van der Waals surface area contributed by atoms with E-state index in [9.17, 15) is 27.6 Å². The average Bonchev–Trinajstić information content (AvgIpc) is 3.07. The fourth-order valence-electron chi connectivity index (χ4n) is 5.80. The molecule has 2 aromatic carbocycles. The molecule has 2 fully saturated rings. The predicted molar refractivity (Wildman–Crippen MR) is 183 cm³/mol. The van der Waals surface area contributed by atoms with Crippen LogP contribution in [-0.4, -0.2) is 129 Å². The van der Waals surface area contributed by atoms with Gasteiger partial charge in [0.1, 0.15) is 24.6 Å². The SMILES string of the molecule is CCOC(=O)CN(CCc1ccc(S(N)(=O)=O)cc1)C(=O)CC1C(=O)N(C(Cl)Cc2ccc(Cl)cc2)CC(=O)N1CCCN1CCOCC1. The number of morpholine rings is 1. The zero-order valence-corrected chi connectivity index (χ0v) is 29.8. The topological polar surface area (TPSA) is 160 Å². The van der Waals surface area contributed by atoms with E-state index in [1.807, 2.05) is 0 Å². The number of amides is 3. The molecule has 268 valence electrons. The van der Waals surface area contributed by atoms with Crippen molar-refractivity contribution in [3.63, 3.8) is 0 Å². The molecule has 2 atom stereocenters. The molecule has 2 aromatic rings. The standard InChI is InChI=1S/C33H43Cl2N5O8S/c1-2-48-32(43)23-38(15-12-24-6-10-27(11-7-24)49(36,45)46)30(41)21-28-33(44)40(29(35)20-25-4-8-26(34)9-5-25)22-31(42)39(28)14-3-13-37-16-18-47-19-17-37/h4-11,28-29H,2-3,12-23H2,1H3,(H2,36,45,46). The van der Waals surface area contributed by atoms with Gasteiger partial charge in [0.2, 0.25) is 27.7 Å². The summed E-state index contributed by atoms with van der Waals surface area (Å²) in [5, 5.41) is 5.76. The molecule has 2 heterocycles. The van der Waals surface area contributed by atoms with E-state index in [1.165, 1.54) is 26.8 Å². The number of carbonyl (C=O) groups excluding carboxylic acids is 4. The second-order valence-electron chi connectivity index (χ2n) is 11.9. The number of halogens is 2. The molecule has 0 saturated carbocycles. The van der Waals surface area contributed by atoms with Crippen molar-refractivity contribution in [3.8, 4) is 0 Å². The van der Waals surface area contributed by atoms with Crippen molar-refractivity contribution in [1.82, 2.24) is 19.6 Å². The van der Waals surface area contributed by atoms with Crippen LogP contribution >= 0.6 is 23.2 Å². The van der Waals surface area contributed by atoms with Gasteiger partial charge < -0.3 is 24.2 Å². The first-order valence-corrected chi connectivity index (χ1v) is 18.6. The van der Waals surface area contributed by atoms with Crippen molar-refractivity contribution in [1.29, 1.82) is 0 Å². The van der Waals surface area contributed by atoms with E-state index in [4.69, 9.17) is 37.8 Å². The molecule has 2 saturated heterocycles. The fourth-order valence-corrected chi connectivity index (χ4v) is 6.79. The van der Waals surface area contributed by atoms with Crippen molar-refractivity contribution < 1.29 is 37.1 Å². The number of esters is 1. The number of alkyl halides is 1. The van der Waals surface area contributed by atoms with E-state index in [0.717, 1.165) is 18.7 Å². The van der Waals surface area contributed by atoms with Crippen molar-refractivity contribution in [3.05, 3.63) is 64.7 Å². The Labute approximate surface area is 297 Å². The maximum absolute atomic E-state index is 14.1. The molecule has 2 N–H and O–H groups in total. The number of piperazine rings is 1. The van der Waals surface area contributed by atoms with Gasteiger partial charge in [-0.1, -0.05) is 47.5 Å². The zero-order chi connectivity index (χ0) is 35.6. The third-order valence-corrected chi connectivity index (χ3v) is 10.0. The molecule has 16 heteroatoms. The van der Waals surface area contributed by atoms with E-state index in [-0.39, 0.29) is 62.9 Å². The van der Waals surface area contributed by atoms with Gasteiger partial charge in [0.25, 0.3) is 0 Å². The molecule has 2 unspecified atom stereocenters. The Balaban J connectivity index is 1.52. The molecule has 13 nitrogen and oxygen atoms in total. The lowest BCUT2D eigenvalue weighted by Crippen LogP contribution is -2.63. The van der Waals surface area contributed by atoms with Crippen molar-refractivity contribution >= 4 is 56.9 Å². The van der Waals surface area contributed by atoms with Gasteiger partial charge in [-0.25, -0.2) is 13.6 Å². The van der Waals surface area contributed by atoms with E-state index in [1.54, 1.807) is 43.3 Å². The number of rotatable bonds is 16. The van der Waals surface area contributed by atoms with Crippen LogP contribution < -0.4 is 5.14 Å². The summed E-state index contributed by atoms with van der Waals surface area (Å²) in [7, 11) is -3.88. The van der Waals surface area contributed by atoms with E-state index < -0.39 is 39.3 Å². The highest BCUT2D eigenvalue weighted by atomic mass is 35.5. The maximum Gasteiger partial charge on any atom is 0.325 e. The van der Waals surface area contributed by atoms with Crippen LogP contribution in [0.1, 0.15) is 30.9 Å². The summed E-state index contributed by atoms with van der Waals surface area (Å²) in [5.41, 5.74) is 0.658. The second-order valence-corrected chi connectivity index (χ2v) is 14.4. The molecule has 3 amide bonds. The highest BCUT2D eigenvalue weighted by Gasteiger charge is 2.43. The van der Waals surface area contributed by atoms with Crippen LogP contribution in [-0.2, 0) is 51.5 Å². The van der Waals surface area contributed by atoms with Gasteiger partial charge >= 0.3 is 5.97 Å². The smallest absolute Gasteiger partial charge is 0.325 e. The quantitative estimate of drug-likeness (QED) is 0.154. The van der Waals surface area contributed by atoms with Gasteiger partial charge in [-0.05, 0) is 55.2 Å². The van der Waals surface area contributed by atoms with Crippen LogP contribution in [0, 0.1) is 0 Å². The number of carbonyl (C=O) groups is 4. The van der Waals surface area contributed by atoms with Gasteiger partial charge in [-0.2, -0.15) is 0 Å². The Bertz CT molecular complexity index is 1560. The van der Waals surface area contributed by atoms with Gasteiger partial charge in [-0.15, -0.1) is 0 Å². The average molecular weight is 741 g/mol. The lowest BCUT2D eigenvalue weighted by atomic mass is 10.0. The number of nitrogens with two attached hydrogens (primary N) is 1. The Morgan fingerprint density at radius 1 is 1.04 bits per heavy atom. The van der Waals surface area contributed by atoms with Crippen LogP contribution in [0.15, 0.2) is 53.4 Å². The Morgan fingerprint density at radius 2 is 1.69 bits per heavy atom. The van der Waals surface area contributed by atoms with Gasteiger partial charge in [0.05, 0.1) is 31.1 Å². The van der Waals surface area contributed by atoms with Crippen LogP contribution in [0.25, 0.3) is 0 Å². The molecule has 0 aliphatic carbocycles. The third kappa shape index (κ3) is 11.4. The highest BCUT2D eigenvalue weighted by Crippen LogP contribution is 2.24. The summed E-state index contributed by atoms with van der Waals surface area (Å²) >= 11 is 12.8. The number of nitrogens with zero attached hydrogens (tertiary/aromatic N) is 4. The lowest BCUT2D eigenvalue weighted by molar-refractivity contribution is -0.159. The predicted octanol–water partition coefficient (Wildman–Crippen LogP) is 1.88. The molecular formula is C33H43Cl2N5O8S. The molecule has 2 aliphatic rings. The van der Waals surface area contributed by atoms with Crippen molar-refractivity contribution in [2.45, 2.75) is 49.0 Å². The minimum Gasteiger partial charge on any atom is -0.465 e. The maximum atomic E-state index is 14.1. The highest BCUT2D eigenvalue weighted by molar-refractivity contribution is 7.89. The normalized spacial score (nSPS) is 18.0. The number of hydrogen-bond acceptors (Lipinski definition) is 9. The summed E-state index contributed by atoms with van der Waals surface area (Å²) in [4.78, 5) is 60.4. The Kier molecular flexibility index (Phi) is 14.2. The molecule has 0 spiro atoms. The number of sulfonamides is 1. The molecule has 0 bridgehead atoms. The molecule has 2 aliphatic heterocycles. The largest absolute Gasteiger partial charge is 0.465 e. The van der Waals surface area contributed by atoms with E-state index in [0.29, 0.717) is 36.8 Å². The van der Waals surface area contributed by atoms with Crippen LogP contribution in [0.3, 0.4) is 0 Å². The van der Waals surface area contributed by atoms with Gasteiger partial charge in [0, 0.05) is 44.2 Å². The Morgan fingerprint density at radius 3 is 2.33 bits per heavy atom. The molecule has 49 heavy (non-hydrogen) atoms. The number of primary sulfonamides is 1. The molecule has 0 radical (unpaired) electrons. The number of hydrogen-bond donors (Lipinski definition) is 1. The summed E-state index contributed by atoms with van der Waals surface area (Å²) in [6, 6.07) is 11.8. The van der Waals surface area contributed by atoms with Crippen LogP contribution in [0.2, 0.25) is 5.02 Å². The monoisotopic (exact) mass is 739 g/mol. The zero-order valence-electron chi connectivity index (χ0n) is 27.5. The summed E-state index contributed by atoms with van der Waals surface area (Å²) in [5.74, 6) is -1.93. The van der Waals surface area contributed by atoms with Crippen molar-refractivity contribution in [2.75, 3.05) is 65.6 Å². The van der Waals surface area contributed by atoms with Gasteiger partial charge in [0.15, 0.2) is 0 Å². The van der Waals surface area contributed by atoms with Crippen LogP contribution in [0.5, 0.6) is 0 Å². The molecule has 0 aromatic heterocycles. The first kappa shape index (κ1) is 38.5. The first-order valence-electron chi connectivity index (χ1n) is 16.2. The fraction of sp³-hybridized carbons (Fsp3) is 0.515. The lowest BCUT2D eigenvalue weighted by Gasteiger charge is -2.42.